The SMILES string of the molecule is COC[C@]1(C#N)[C@@H](c2ccc(Br)cc2)[C@@H]1S(=O)(=O)c1ccccc1. The van der Waals surface area contributed by atoms with Gasteiger partial charge in [0, 0.05) is 17.5 Å². The Morgan fingerprint density at radius 2 is 1.79 bits per heavy atom. The van der Waals surface area contributed by atoms with E-state index in [1.54, 1.807) is 30.3 Å². The molecule has 6 heteroatoms. The normalized spacial score (nSPS) is 25.9. The smallest absolute Gasteiger partial charge is 0.183 e. The summed E-state index contributed by atoms with van der Waals surface area (Å²) >= 11 is 3.37. The van der Waals surface area contributed by atoms with E-state index < -0.39 is 26.4 Å². The van der Waals surface area contributed by atoms with Crippen molar-refractivity contribution in [3.8, 4) is 6.07 Å². The first-order valence-electron chi connectivity index (χ1n) is 7.42. The van der Waals surface area contributed by atoms with Gasteiger partial charge in [-0.15, -0.1) is 0 Å². The molecule has 0 aromatic heterocycles. The molecular weight excluding hydrogens is 390 g/mol. The van der Waals surface area contributed by atoms with Gasteiger partial charge in [-0.3, -0.25) is 0 Å². The van der Waals surface area contributed by atoms with Crippen LogP contribution in [0, 0.1) is 16.7 Å². The number of rotatable bonds is 5. The maximum Gasteiger partial charge on any atom is 0.183 e. The minimum absolute atomic E-state index is 0.0843. The van der Waals surface area contributed by atoms with Crippen molar-refractivity contribution in [2.45, 2.75) is 16.1 Å². The summed E-state index contributed by atoms with van der Waals surface area (Å²) in [5, 5.41) is 8.94. The summed E-state index contributed by atoms with van der Waals surface area (Å²) in [6.07, 6.45) is 0. The molecule has 1 saturated carbocycles. The van der Waals surface area contributed by atoms with E-state index in [2.05, 4.69) is 22.0 Å². The molecule has 0 bridgehead atoms. The van der Waals surface area contributed by atoms with Crippen LogP contribution in [0.3, 0.4) is 0 Å². The molecule has 1 aliphatic rings. The average Bonchev–Trinajstić information content (AvgIpc) is 3.26. The standard InChI is InChI=1S/C18H16BrNO3S/c1-23-12-18(11-20)16(13-7-9-14(19)10-8-13)17(18)24(21,22)15-5-3-2-4-6-15/h2-10,16-17H,12H2,1H3/t16-,17-,18+/m0/s1. The van der Waals surface area contributed by atoms with E-state index >= 15 is 0 Å². The molecular formula is C18H16BrNO3S. The number of methoxy groups -OCH3 is 1. The molecule has 0 saturated heterocycles. The Kier molecular flexibility index (Phi) is 4.52. The molecule has 0 N–H and O–H groups in total. The maximum atomic E-state index is 13.1. The molecule has 0 spiro atoms. The van der Waals surface area contributed by atoms with Crippen LogP contribution in [-0.4, -0.2) is 27.4 Å². The number of hydrogen-bond donors (Lipinski definition) is 0. The summed E-state index contributed by atoms with van der Waals surface area (Å²) in [6.45, 7) is 0.0843. The lowest BCUT2D eigenvalue weighted by atomic mass is 10.0. The fourth-order valence-electron chi connectivity index (χ4n) is 3.34. The molecule has 0 unspecified atom stereocenters. The second kappa shape index (κ2) is 6.32. The molecule has 0 aliphatic heterocycles. The molecule has 0 amide bonds. The summed E-state index contributed by atoms with van der Waals surface area (Å²) in [6, 6.07) is 17.9. The average molecular weight is 406 g/mol. The molecule has 2 aromatic carbocycles. The summed E-state index contributed by atoms with van der Waals surface area (Å²) in [4.78, 5) is 0.241. The van der Waals surface area contributed by atoms with E-state index in [4.69, 9.17) is 4.74 Å². The van der Waals surface area contributed by atoms with Gasteiger partial charge in [0.05, 0.1) is 22.8 Å². The van der Waals surface area contributed by atoms with Crippen LogP contribution in [0.25, 0.3) is 0 Å². The van der Waals surface area contributed by atoms with Crippen LogP contribution in [0.4, 0.5) is 0 Å². The molecule has 2 aromatic rings. The van der Waals surface area contributed by atoms with Gasteiger partial charge in [0.2, 0.25) is 0 Å². The number of sulfone groups is 1. The number of hydrogen-bond acceptors (Lipinski definition) is 4. The second-order valence-electron chi connectivity index (χ2n) is 5.89. The number of nitrogens with zero attached hydrogens (tertiary/aromatic N) is 1. The van der Waals surface area contributed by atoms with Gasteiger partial charge < -0.3 is 4.74 Å². The molecule has 0 radical (unpaired) electrons. The van der Waals surface area contributed by atoms with Crippen LogP contribution in [0.2, 0.25) is 0 Å². The van der Waals surface area contributed by atoms with Gasteiger partial charge in [-0.05, 0) is 29.8 Å². The molecule has 0 heterocycles. The highest BCUT2D eigenvalue weighted by molar-refractivity contribution is 9.10. The largest absolute Gasteiger partial charge is 0.383 e. The lowest BCUT2D eigenvalue weighted by molar-refractivity contribution is 0.162. The fraction of sp³-hybridized carbons (Fsp3) is 0.278. The second-order valence-corrected chi connectivity index (χ2v) is 8.88. The van der Waals surface area contributed by atoms with Crippen LogP contribution in [0.15, 0.2) is 64.0 Å². The summed E-state index contributed by atoms with van der Waals surface area (Å²) < 4.78 is 32.3. The minimum atomic E-state index is -3.63. The van der Waals surface area contributed by atoms with Crippen LogP contribution >= 0.6 is 15.9 Å². The predicted molar refractivity (Wildman–Crippen MR) is 94.2 cm³/mol. The Balaban J connectivity index is 2.08. The zero-order chi connectivity index (χ0) is 17.4. The molecule has 24 heavy (non-hydrogen) atoms. The Morgan fingerprint density at radius 1 is 1.17 bits per heavy atom. The topological polar surface area (TPSA) is 67.2 Å². The third-order valence-corrected chi connectivity index (χ3v) is 7.30. The Hall–Kier alpha value is -1.68. The van der Waals surface area contributed by atoms with Gasteiger partial charge in [0.25, 0.3) is 0 Å². The summed E-state index contributed by atoms with van der Waals surface area (Å²) in [5.41, 5.74) is -0.224. The van der Waals surface area contributed by atoms with E-state index in [0.29, 0.717) is 0 Å². The fourth-order valence-corrected chi connectivity index (χ4v) is 5.93. The lowest BCUT2D eigenvalue weighted by Gasteiger charge is -2.08. The predicted octanol–water partition coefficient (Wildman–Crippen LogP) is 3.55. The van der Waals surface area contributed by atoms with Crippen LogP contribution in [-0.2, 0) is 14.6 Å². The lowest BCUT2D eigenvalue weighted by Crippen LogP contribution is -2.19. The van der Waals surface area contributed by atoms with Gasteiger partial charge in [-0.1, -0.05) is 46.3 Å². The van der Waals surface area contributed by atoms with E-state index in [1.165, 1.54) is 7.11 Å². The third kappa shape index (κ3) is 2.67. The molecule has 1 aliphatic carbocycles. The first-order valence-corrected chi connectivity index (χ1v) is 9.76. The van der Waals surface area contributed by atoms with Gasteiger partial charge in [-0.2, -0.15) is 5.26 Å². The van der Waals surface area contributed by atoms with E-state index in [1.807, 2.05) is 24.3 Å². The first kappa shape index (κ1) is 17.2. The number of halogens is 1. The number of ether oxygens (including phenoxy) is 1. The van der Waals surface area contributed by atoms with Crippen molar-refractivity contribution in [2.75, 3.05) is 13.7 Å². The summed E-state index contributed by atoms with van der Waals surface area (Å²) in [7, 11) is -2.14. The molecule has 4 nitrogen and oxygen atoms in total. The van der Waals surface area contributed by atoms with E-state index in [-0.39, 0.29) is 11.5 Å². The molecule has 124 valence electrons. The molecule has 1 fully saturated rings. The first-order chi connectivity index (χ1) is 11.5. The van der Waals surface area contributed by atoms with Crippen molar-refractivity contribution >= 4 is 25.8 Å². The van der Waals surface area contributed by atoms with Gasteiger partial charge in [0.1, 0.15) is 5.41 Å². The quantitative estimate of drug-likeness (QED) is 0.762. The molecule has 3 rings (SSSR count). The van der Waals surface area contributed by atoms with Crippen molar-refractivity contribution in [3.05, 3.63) is 64.6 Å². The van der Waals surface area contributed by atoms with E-state index in [0.717, 1.165) is 10.0 Å². The van der Waals surface area contributed by atoms with Gasteiger partial charge >= 0.3 is 0 Å². The Labute approximate surface area is 150 Å². The highest BCUT2D eigenvalue weighted by atomic mass is 79.9. The van der Waals surface area contributed by atoms with E-state index in [9.17, 15) is 13.7 Å². The highest BCUT2D eigenvalue weighted by Crippen LogP contribution is 2.63. The zero-order valence-electron chi connectivity index (χ0n) is 13.0. The highest BCUT2D eigenvalue weighted by Gasteiger charge is 2.72. The minimum Gasteiger partial charge on any atom is -0.383 e. The number of benzene rings is 2. The third-order valence-electron chi connectivity index (χ3n) is 4.48. The van der Waals surface area contributed by atoms with Crippen molar-refractivity contribution in [3.63, 3.8) is 0 Å². The zero-order valence-corrected chi connectivity index (χ0v) is 15.4. The van der Waals surface area contributed by atoms with Crippen molar-refractivity contribution in [1.29, 1.82) is 5.26 Å². The Morgan fingerprint density at radius 3 is 2.33 bits per heavy atom. The van der Waals surface area contributed by atoms with Gasteiger partial charge in [-0.25, -0.2) is 8.42 Å². The van der Waals surface area contributed by atoms with Crippen LogP contribution < -0.4 is 0 Å². The number of nitriles is 1. The monoisotopic (exact) mass is 405 g/mol. The van der Waals surface area contributed by atoms with Crippen LogP contribution in [0.5, 0.6) is 0 Å². The Bertz CT molecular complexity index is 875. The van der Waals surface area contributed by atoms with Crippen molar-refractivity contribution < 1.29 is 13.2 Å². The maximum absolute atomic E-state index is 13.1. The summed E-state index contributed by atoms with van der Waals surface area (Å²) in [5.74, 6) is -0.402. The van der Waals surface area contributed by atoms with Crippen LogP contribution in [0.1, 0.15) is 11.5 Å². The molecule has 3 atom stereocenters. The van der Waals surface area contributed by atoms with Gasteiger partial charge in [0.15, 0.2) is 9.84 Å². The van der Waals surface area contributed by atoms with Crippen molar-refractivity contribution in [1.82, 2.24) is 0 Å². The van der Waals surface area contributed by atoms with Crippen molar-refractivity contribution in [2.24, 2.45) is 5.41 Å².